The molecule has 7 heteroatoms. The topological polar surface area (TPSA) is 86.3 Å². The highest BCUT2D eigenvalue weighted by Gasteiger charge is 2.44. The number of amides is 1. The zero-order valence-electron chi connectivity index (χ0n) is 17.5. The molecule has 1 amide bonds. The number of hydrogen-bond donors (Lipinski definition) is 2. The van der Waals surface area contributed by atoms with Gasteiger partial charge in [-0.1, -0.05) is 32.0 Å². The maximum Gasteiger partial charge on any atom is 0.413 e. The zero-order chi connectivity index (χ0) is 20.8. The van der Waals surface area contributed by atoms with Gasteiger partial charge in [0.05, 0.1) is 12.2 Å². The Hall–Kier alpha value is -1.67. The highest BCUT2D eigenvalue weighted by atomic mass is 17.1. The fraction of sp³-hybridized carbons (Fsp3) is 0.682. The molecular weight excluding hydrogens is 374 g/mol. The van der Waals surface area contributed by atoms with Crippen molar-refractivity contribution < 1.29 is 29.1 Å². The number of carbonyl (C=O) groups is 1. The van der Waals surface area contributed by atoms with Crippen LogP contribution in [0.3, 0.4) is 0 Å². The highest BCUT2D eigenvalue weighted by molar-refractivity contribution is 5.84. The van der Waals surface area contributed by atoms with Crippen molar-refractivity contribution >= 4 is 11.8 Å². The monoisotopic (exact) mass is 407 g/mol. The molecule has 3 rings (SSSR count). The third-order valence-corrected chi connectivity index (χ3v) is 6.49. The van der Waals surface area contributed by atoms with E-state index in [0.29, 0.717) is 11.6 Å². The van der Waals surface area contributed by atoms with Gasteiger partial charge in [0, 0.05) is 11.6 Å². The van der Waals surface area contributed by atoms with Gasteiger partial charge in [-0.25, -0.2) is 9.68 Å². The molecule has 1 aromatic carbocycles. The molecule has 2 fully saturated rings. The highest BCUT2D eigenvalue weighted by Crippen LogP contribution is 2.43. The van der Waals surface area contributed by atoms with Gasteiger partial charge in [-0.3, -0.25) is 10.6 Å². The predicted octanol–water partition coefficient (Wildman–Crippen LogP) is 4.89. The molecule has 29 heavy (non-hydrogen) atoms. The number of anilines is 1. The number of nitrogens with one attached hydrogen (secondary N) is 1. The lowest BCUT2D eigenvalue weighted by molar-refractivity contribution is -0.321. The van der Waals surface area contributed by atoms with Crippen LogP contribution in [-0.4, -0.2) is 36.6 Å². The van der Waals surface area contributed by atoms with E-state index < -0.39 is 12.4 Å². The first-order valence-corrected chi connectivity index (χ1v) is 10.6. The van der Waals surface area contributed by atoms with Crippen LogP contribution in [0.25, 0.3) is 0 Å². The molecule has 7 atom stereocenters. The Morgan fingerprint density at radius 1 is 1.03 bits per heavy atom. The van der Waals surface area contributed by atoms with Crippen LogP contribution in [0, 0.1) is 23.7 Å². The second-order valence-electron chi connectivity index (χ2n) is 8.42. The summed E-state index contributed by atoms with van der Waals surface area (Å²) >= 11 is 0. The fourth-order valence-corrected chi connectivity index (χ4v) is 4.64. The minimum atomic E-state index is -0.805. The van der Waals surface area contributed by atoms with Gasteiger partial charge < -0.3 is 14.2 Å². The molecule has 1 aromatic rings. The van der Waals surface area contributed by atoms with Crippen molar-refractivity contribution in [2.45, 2.75) is 65.0 Å². The summed E-state index contributed by atoms with van der Waals surface area (Å²) < 4.78 is 17.2. The maximum absolute atomic E-state index is 12.5. The van der Waals surface area contributed by atoms with Crippen LogP contribution >= 0.6 is 0 Å². The molecule has 1 saturated carbocycles. The van der Waals surface area contributed by atoms with E-state index in [9.17, 15) is 10.1 Å². The van der Waals surface area contributed by atoms with Crippen molar-refractivity contribution in [1.82, 2.24) is 0 Å². The minimum Gasteiger partial charge on any atom is -0.419 e. The molecule has 2 N–H and O–H groups in total. The molecule has 2 bridgehead atoms. The lowest BCUT2D eigenvalue weighted by atomic mass is 9.67. The van der Waals surface area contributed by atoms with Crippen LogP contribution in [0.1, 0.15) is 46.5 Å². The van der Waals surface area contributed by atoms with Gasteiger partial charge in [0.25, 0.3) is 0 Å². The molecule has 162 valence electrons. The van der Waals surface area contributed by atoms with Gasteiger partial charge >= 0.3 is 6.09 Å². The molecule has 1 heterocycles. The molecule has 2 aliphatic rings. The average molecular weight is 408 g/mol. The minimum absolute atomic E-state index is 0.00845. The molecule has 1 aliphatic heterocycles. The van der Waals surface area contributed by atoms with E-state index in [1.807, 2.05) is 32.0 Å². The smallest absolute Gasteiger partial charge is 0.413 e. The number of para-hydroxylation sites is 1. The lowest BCUT2D eigenvalue weighted by Crippen LogP contribution is -2.46. The van der Waals surface area contributed by atoms with Crippen LogP contribution in [-0.2, 0) is 19.1 Å². The summed E-state index contributed by atoms with van der Waals surface area (Å²) in [5, 5.41) is 12.4. The number of benzene rings is 1. The van der Waals surface area contributed by atoms with E-state index in [1.54, 1.807) is 12.1 Å². The number of carbonyl (C=O) groups excluding carboxylic acids is 1. The van der Waals surface area contributed by atoms with Crippen molar-refractivity contribution in [3.8, 4) is 0 Å². The van der Waals surface area contributed by atoms with Crippen LogP contribution in [0.5, 0.6) is 0 Å². The Balaban J connectivity index is 1.75. The normalized spacial score (nSPS) is 35.9. The zero-order valence-corrected chi connectivity index (χ0v) is 17.5. The van der Waals surface area contributed by atoms with Crippen molar-refractivity contribution in [2.75, 3.05) is 12.1 Å². The Labute approximate surface area is 172 Å². The Morgan fingerprint density at radius 2 is 1.76 bits per heavy atom. The number of rotatable bonds is 3. The molecule has 0 aromatic heterocycles. The SMILES string of the molecule is CC1CCC2C(C)CCC(C(C)C(OC(=O)Nc3ccccc3)OCO1)C2OO. The van der Waals surface area contributed by atoms with Gasteiger partial charge in [-0.05, 0) is 62.5 Å². The largest absolute Gasteiger partial charge is 0.419 e. The summed E-state index contributed by atoms with van der Waals surface area (Å²) in [6, 6.07) is 9.13. The molecule has 0 spiro atoms. The van der Waals surface area contributed by atoms with Crippen molar-refractivity contribution in [3.05, 3.63) is 30.3 Å². The standard InChI is InChI=1S/C22H33NO6/c1-14-9-11-19-16(3)21(28-22(24)23-17-7-5-4-6-8-17)27-13-26-15(2)10-12-18(14)20(19)29-25/h4-8,14-16,18-21,25H,9-13H2,1-3H3,(H,23,24). The third kappa shape index (κ3) is 5.69. The number of fused-ring (bicyclic) bond motifs is 2. The Morgan fingerprint density at radius 3 is 2.48 bits per heavy atom. The average Bonchev–Trinajstić information content (AvgIpc) is 2.72. The van der Waals surface area contributed by atoms with E-state index in [1.165, 1.54) is 0 Å². The quantitative estimate of drug-likeness (QED) is 0.548. The van der Waals surface area contributed by atoms with E-state index >= 15 is 0 Å². The Bertz CT molecular complexity index is 641. The first kappa shape index (κ1) is 22.0. The second kappa shape index (κ2) is 10.4. The van der Waals surface area contributed by atoms with Crippen molar-refractivity contribution in [2.24, 2.45) is 23.7 Å². The van der Waals surface area contributed by atoms with Gasteiger partial charge in [0.1, 0.15) is 0 Å². The van der Waals surface area contributed by atoms with Gasteiger partial charge in [0.15, 0.2) is 6.79 Å². The van der Waals surface area contributed by atoms with E-state index in [2.05, 4.69) is 12.2 Å². The predicted molar refractivity (Wildman–Crippen MR) is 108 cm³/mol. The lowest BCUT2D eigenvalue weighted by Gasteiger charge is -2.43. The molecular formula is C22H33NO6. The molecule has 1 saturated heterocycles. The van der Waals surface area contributed by atoms with Gasteiger partial charge in [-0.15, -0.1) is 0 Å². The fourth-order valence-electron chi connectivity index (χ4n) is 4.64. The van der Waals surface area contributed by atoms with Crippen molar-refractivity contribution in [1.29, 1.82) is 0 Å². The molecule has 7 nitrogen and oxygen atoms in total. The second-order valence-corrected chi connectivity index (χ2v) is 8.42. The van der Waals surface area contributed by atoms with Crippen LogP contribution in [0.2, 0.25) is 0 Å². The van der Waals surface area contributed by atoms with Crippen LogP contribution in [0.4, 0.5) is 10.5 Å². The van der Waals surface area contributed by atoms with E-state index in [4.69, 9.17) is 19.1 Å². The molecule has 0 radical (unpaired) electrons. The summed E-state index contributed by atoms with van der Waals surface area (Å²) in [5.41, 5.74) is 0.648. The van der Waals surface area contributed by atoms with E-state index in [0.717, 1.165) is 25.7 Å². The number of ether oxygens (including phenoxy) is 3. The maximum atomic E-state index is 12.5. The van der Waals surface area contributed by atoms with Gasteiger partial charge in [-0.2, -0.15) is 0 Å². The van der Waals surface area contributed by atoms with Crippen LogP contribution in [0.15, 0.2) is 30.3 Å². The summed E-state index contributed by atoms with van der Waals surface area (Å²) in [6.07, 6.45) is 2.00. The Kier molecular flexibility index (Phi) is 7.89. The van der Waals surface area contributed by atoms with E-state index in [-0.39, 0.29) is 36.8 Å². The van der Waals surface area contributed by atoms with Gasteiger partial charge in [0.2, 0.25) is 6.29 Å². The molecule has 7 unspecified atom stereocenters. The summed E-state index contributed by atoms with van der Waals surface area (Å²) in [5.74, 6) is 0.527. The third-order valence-electron chi connectivity index (χ3n) is 6.49. The molecule has 1 aliphatic carbocycles. The van der Waals surface area contributed by atoms with Crippen molar-refractivity contribution in [3.63, 3.8) is 0 Å². The first-order chi connectivity index (χ1) is 14.0. The summed E-state index contributed by atoms with van der Waals surface area (Å²) in [7, 11) is 0. The first-order valence-electron chi connectivity index (χ1n) is 10.6. The summed E-state index contributed by atoms with van der Waals surface area (Å²) in [4.78, 5) is 17.5. The summed E-state index contributed by atoms with van der Waals surface area (Å²) in [6.45, 7) is 6.24. The van der Waals surface area contributed by atoms with Crippen LogP contribution < -0.4 is 5.32 Å². The number of hydrogen-bond acceptors (Lipinski definition) is 6.